The second-order valence-corrected chi connectivity index (χ2v) is 10.8. The van der Waals surface area contributed by atoms with Gasteiger partial charge >= 0.3 is 12.1 Å². The monoisotopic (exact) mass is 558 g/mol. The van der Waals surface area contributed by atoms with E-state index in [2.05, 4.69) is 22.8 Å². The second kappa shape index (κ2) is 13.9. The molecule has 8 heteroatoms. The molecule has 1 unspecified atom stereocenters. The molecule has 0 radical (unpaired) electrons. The average Bonchev–Trinajstić information content (AvgIpc) is 3.29. The fraction of sp³-hybridized carbons (Fsp3) is 0.364. The Balaban J connectivity index is 1.45. The third-order valence-electron chi connectivity index (χ3n) is 7.37. The van der Waals surface area contributed by atoms with Gasteiger partial charge in [0.25, 0.3) is 0 Å². The molecule has 0 saturated heterocycles. The summed E-state index contributed by atoms with van der Waals surface area (Å²) in [5, 5.41) is 14.9. The van der Waals surface area contributed by atoms with E-state index in [1.54, 1.807) is 6.92 Å². The number of hydrogen-bond donors (Lipinski definition) is 3. The van der Waals surface area contributed by atoms with Gasteiger partial charge in [-0.1, -0.05) is 92.7 Å². The number of carbonyl (C=O) groups is 3. The van der Waals surface area contributed by atoms with E-state index in [-0.39, 0.29) is 31.5 Å². The lowest BCUT2D eigenvalue weighted by Crippen LogP contribution is -2.56. The number of nitrogens with one attached hydrogen (secondary N) is 2. The first-order valence-corrected chi connectivity index (χ1v) is 14.0. The van der Waals surface area contributed by atoms with Crippen LogP contribution in [0.15, 0.2) is 78.9 Å². The zero-order valence-electron chi connectivity index (χ0n) is 23.7. The van der Waals surface area contributed by atoms with Gasteiger partial charge in [-0.25, -0.2) is 9.59 Å². The number of carbonyl (C=O) groups excluding carboxylic acids is 2. The summed E-state index contributed by atoms with van der Waals surface area (Å²) >= 11 is 0. The van der Waals surface area contributed by atoms with Crippen LogP contribution in [0.4, 0.5) is 4.79 Å². The lowest BCUT2D eigenvalue weighted by atomic mass is 9.98. The van der Waals surface area contributed by atoms with Crippen molar-refractivity contribution in [3.63, 3.8) is 0 Å². The highest BCUT2D eigenvalue weighted by Crippen LogP contribution is 2.44. The number of rotatable bonds is 13. The van der Waals surface area contributed by atoms with Crippen molar-refractivity contribution in [1.29, 1.82) is 0 Å². The van der Waals surface area contributed by atoms with Gasteiger partial charge in [-0.15, -0.1) is 0 Å². The number of hydrogen-bond acceptors (Lipinski definition) is 5. The Morgan fingerprint density at radius 2 is 1.39 bits per heavy atom. The molecule has 0 aromatic heterocycles. The minimum Gasteiger partial charge on any atom is -0.480 e. The molecule has 3 aromatic carbocycles. The smallest absolute Gasteiger partial charge is 0.407 e. The summed E-state index contributed by atoms with van der Waals surface area (Å²) in [6.45, 7) is 5.94. The van der Waals surface area contributed by atoms with Crippen molar-refractivity contribution < 1.29 is 29.0 Å². The van der Waals surface area contributed by atoms with Crippen LogP contribution in [0.3, 0.4) is 0 Å². The third kappa shape index (κ3) is 7.73. The maximum absolute atomic E-state index is 13.4. The molecule has 3 N–H and O–H groups in total. The Kier molecular flexibility index (Phi) is 10.1. The van der Waals surface area contributed by atoms with Crippen molar-refractivity contribution in [2.24, 2.45) is 5.92 Å². The summed E-state index contributed by atoms with van der Waals surface area (Å²) in [7, 11) is 0. The van der Waals surface area contributed by atoms with Gasteiger partial charge in [0.15, 0.2) is 0 Å². The number of amides is 2. The summed E-state index contributed by atoms with van der Waals surface area (Å²) in [6, 6.07) is 23.2. The summed E-state index contributed by atoms with van der Waals surface area (Å²) < 4.78 is 11.6. The van der Waals surface area contributed by atoms with Gasteiger partial charge in [0.1, 0.15) is 18.7 Å². The van der Waals surface area contributed by atoms with Crippen molar-refractivity contribution in [2.75, 3.05) is 6.61 Å². The Labute approximate surface area is 241 Å². The van der Waals surface area contributed by atoms with Gasteiger partial charge in [0.2, 0.25) is 5.91 Å². The number of aliphatic carboxylic acids is 1. The van der Waals surface area contributed by atoms with E-state index in [0.717, 1.165) is 27.8 Å². The van der Waals surface area contributed by atoms with Gasteiger partial charge < -0.3 is 25.2 Å². The third-order valence-corrected chi connectivity index (χ3v) is 7.37. The fourth-order valence-electron chi connectivity index (χ4n) is 5.08. The van der Waals surface area contributed by atoms with E-state index in [0.29, 0.717) is 6.42 Å². The van der Waals surface area contributed by atoms with E-state index in [4.69, 9.17) is 9.47 Å². The molecule has 0 aliphatic heterocycles. The first-order valence-electron chi connectivity index (χ1n) is 14.0. The molecule has 0 spiro atoms. The van der Waals surface area contributed by atoms with Crippen LogP contribution in [0.25, 0.3) is 11.1 Å². The van der Waals surface area contributed by atoms with Gasteiger partial charge in [-0.05, 0) is 53.5 Å². The summed E-state index contributed by atoms with van der Waals surface area (Å²) in [6.07, 6.45) is -0.649. The molecule has 0 bridgehead atoms. The molecule has 4 rings (SSSR count). The molecule has 8 nitrogen and oxygen atoms in total. The van der Waals surface area contributed by atoms with Gasteiger partial charge in [-0.3, -0.25) is 4.79 Å². The number of carboxylic acid groups (broad SMARTS) is 1. The molecule has 1 aliphatic carbocycles. The largest absolute Gasteiger partial charge is 0.480 e. The Hall–Kier alpha value is -4.17. The van der Waals surface area contributed by atoms with Gasteiger partial charge in [0, 0.05) is 5.92 Å². The molecule has 41 heavy (non-hydrogen) atoms. The number of carboxylic acids is 1. The molecule has 0 fully saturated rings. The van der Waals surface area contributed by atoms with E-state index >= 15 is 0 Å². The summed E-state index contributed by atoms with van der Waals surface area (Å²) in [5.74, 6) is -1.64. The predicted octanol–water partition coefficient (Wildman–Crippen LogP) is 5.50. The normalized spacial score (nSPS) is 14.4. The van der Waals surface area contributed by atoms with E-state index < -0.39 is 36.2 Å². The molecular formula is C33H38N2O6. The lowest BCUT2D eigenvalue weighted by Gasteiger charge is -2.26. The average molecular weight is 559 g/mol. The SMILES string of the molecule is CC(C)CCC(NC(=O)[C@H](NC(=O)OCC1c2ccccc2-c2ccccc21)[C@H](C)OCc1ccccc1)C(=O)O. The summed E-state index contributed by atoms with van der Waals surface area (Å²) in [5.41, 5.74) is 5.27. The quantitative estimate of drug-likeness (QED) is 0.255. The first kappa shape index (κ1) is 29.8. The number of fused-ring (bicyclic) bond motifs is 3. The van der Waals surface area contributed by atoms with E-state index in [1.165, 1.54) is 0 Å². The highest BCUT2D eigenvalue weighted by Gasteiger charge is 2.33. The predicted molar refractivity (Wildman–Crippen MR) is 156 cm³/mol. The summed E-state index contributed by atoms with van der Waals surface area (Å²) in [4.78, 5) is 38.3. The second-order valence-electron chi connectivity index (χ2n) is 10.8. The maximum atomic E-state index is 13.4. The van der Waals surface area contributed by atoms with Crippen LogP contribution < -0.4 is 10.6 Å². The highest BCUT2D eigenvalue weighted by atomic mass is 16.5. The number of ether oxygens (including phenoxy) is 2. The zero-order chi connectivity index (χ0) is 29.4. The Morgan fingerprint density at radius 3 is 1.98 bits per heavy atom. The standard InChI is InChI=1S/C33H38N2O6/c1-21(2)17-18-29(32(37)38)34-31(36)30(22(3)40-19-23-11-5-4-6-12-23)35-33(39)41-20-28-26-15-9-7-13-24(26)25-14-8-10-16-27(25)28/h4-16,21-22,28-30H,17-20H2,1-3H3,(H,34,36)(H,35,39)(H,37,38)/t22-,29?,30+/m0/s1. The maximum Gasteiger partial charge on any atom is 0.407 e. The minimum atomic E-state index is -1.17. The molecule has 0 heterocycles. The van der Waals surface area contributed by atoms with Crippen LogP contribution in [0, 0.1) is 5.92 Å². The molecule has 3 atom stereocenters. The highest BCUT2D eigenvalue weighted by molar-refractivity contribution is 5.89. The van der Waals surface area contributed by atoms with Crippen LogP contribution >= 0.6 is 0 Å². The van der Waals surface area contributed by atoms with E-state index in [1.807, 2.05) is 80.6 Å². The van der Waals surface area contributed by atoms with Gasteiger partial charge in [0.05, 0.1) is 12.7 Å². The molecule has 3 aromatic rings. The minimum absolute atomic E-state index is 0.0829. The van der Waals surface area contributed by atoms with Crippen molar-refractivity contribution in [2.45, 2.75) is 64.3 Å². The fourth-order valence-corrected chi connectivity index (χ4v) is 5.08. The Morgan fingerprint density at radius 1 is 0.805 bits per heavy atom. The van der Waals surface area contributed by atoms with E-state index in [9.17, 15) is 19.5 Å². The van der Waals surface area contributed by atoms with Crippen LogP contribution in [0.1, 0.15) is 56.2 Å². The molecular weight excluding hydrogens is 520 g/mol. The lowest BCUT2D eigenvalue weighted by molar-refractivity contribution is -0.143. The molecule has 2 amide bonds. The van der Waals surface area contributed by atoms with Crippen LogP contribution in [-0.2, 0) is 25.7 Å². The molecule has 1 aliphatic rings. The van der Waals surface area contributed by atoms with Crippen molar-refractivity contribution in [3.05, 3.63) is 95.6 Å². The first-order chi connectivity index (χ1) is 19.7. The zero-order valence-corrected chi connectivity index (χ0v) is 23.7. The molecule has 216 valence electrons. The topological polar surface area (TPSA) is 114 Å². The van der Waals surface area contributed by atoms with Crippen LogP contribution in [0.2, 0.25) is 0 Å². The van der Waals surface area contributed by atoms with Crippen molar-refractivity contribution in [3.8, 4) is 11.1 Å². The number of alkyl carbamates (subject to hydrolysis) is 1. The van der Waals surface area contributed by atoms with Crippen molar-refractivity contribution >= 4 is 18.0 Å². The van der Waals surface area contributed by atoms with Crippen LogP contribution in [-0.4, -0.2) is 47.9 Å². The Bertz CT molecular complexity index is 1300. The van der Waals surface area contributed by atoms with Crippen LogP contribution in [0.5, 0.6) is 0 Å². The van der Waals surface area contributed by atoms with Crippen molar-refractivity contribution in [1.82, 2.24) is 10.6 Å². The number of benzene rings is 3. The van der Waals surface area contributed by atoms with Gasteiger partial charge in [-0.2, -0.15) is 0 Å². The molecule has 0 saturated carbocycles.